The number of ether oxygens (including phenoxy) is 1. The van der Waals surface area contributed by atoms with Gasteiger partial charge in [0, 0.05) is 51.0 Å². The number of hydrogen-bond donors (Lipinski definition) is 0. The van der Waals surface area contributed by atoms with Crippen molar-refractivity contribution in [2.24, 2.45) is 5.92 Å². The number of likely N-dealkylation sites (tertiary alicyclic amines) is 1. The predicted octanol–water partition coefficient (Wildman–Crippen LogP) is 2.21. The predicted molar refractivity (Wildman–Crippen MR) is 106 cm³/mol. The lowest BCUT2D eigenvalue weighted by molar-refractivity contribution is -0.135. The molecule has 1 saturated heterocycles. The smallest absolute Gasteiger partial charge is 0.228 e. The Kier molecular flexibility index (Phi) is 5.34. The van der Waals surface area contributed by atoms with Crippen LogP contribution in [0.1, 0.15) is 23.3 Å². The number of hydrogen-bond acceptors (Lipinski definition) is 5. The van der Waals surface area contributed by atoms with Gasteiger partial charge in [-0.2, -0.15) is 5.10 Å². The van der Waals surface area contributed by atoms with Gasteiger partial charge in [0.1, 0.15) is 5.60 Å². The number of amides is 1. The molecule has 1 amide bonds. The number of carbonyl (C=O) groups excluding carboxylic acids is 1. The first kappa shape index (κ1) is 18.7. The molecule has 4 heterocycles. The fraction of sp³-hybridized carbons (Fsp3) is 0.600. The standard InChI is InChI=1S/C20H28N4O2S/c1-22(2)19(25)17(15-24-9-3-8-21-24)14-23-10-6-20(7-11-23)18-16(4-12-26-20)5-13-27-18/h3,5,8-9,13,17H,4,6-7,10-12,14-15H2,1-2H3/t17-/m1/s1. The Balaban J connectivity index is 1.42. The molecular weight excluding hydrogens is 360 g/mol. The molecule has 146 valence electrons. The number of fused-ring (bicyclic) bond motifs is 2. The van der Waals surface area contributed by atoms with E-state index in [1.165, 1.54) is 10.4 Å². The van der Waals surface area contributed by atoms with Gasteiger partial charge >= 0.3 is 0 Å². The van der Waals surface area contributed by atoms with Crippen LogP contribution in [0.4, 0.5) is 0 Å². The van der Waals surface area contributed by atoms with E-state index in [0.717, 1.165) is 45.5 Å². The summed E-state index contributed by atoms with van der Waals surface area (Å²) in [5.41, 5.74) is 1.38. The highest BCUT2D eigenvalue weighted by Crippen LogP contribution is 2.44. The van der Waals surface area contributed by atoms with Gasteiger partial charge < -0.3 is 14.5 Å². The van der Waals surface area contributed by atoms with Crippen molar-refractivity contribution in [1.29, 1.82) is 0 Å². The fourth-order valence-electron chi connectivity index (χ4n) is 4.35. The first-order valence-corrected chi connectivity index (χ1v) is 10.6. The van der Waals surface area contributed by atoms with E-state index in [-0.39, 0.29) is 17.4 Å². The van der Waals surface area contributed by atoms with Crippen LogP contribution >= 0.6 is 11.3 Å². The van der Waals surface area contributed by atoms with Gasteiger partial charge in [0.15, 0.2) is 0 Å². The third-order valence-corrected chi connectivity index (χ3v) is 6.95. The van der Waals surface area contributed by atoms with Crippen molar-refractivity contribution in [3.05, 3.63) is 40.3 Å². The summed E-state index contributed by atoms with van der Waals surface area (Å²) in [6.45, 7) is 4.15. The van der Waals surface area contributed by atoms with Crippen LogP contribution in [0.25, 0.3) is 0 Å². The number of rotatable bonds is 5. The van der Waals surface area contributed by atoms with Crippen molar-refractivity contribution in [3.8, 4) is 0 Å². The summed E-state index contributed by atoms with van der Waals surface area (Å²) >= 11 is 1.84. The minimum atomic E-state index is -0.0959. The van der Waals surface area contributed by atoms with E-state index in [0.29, 0.717) is 6.54 Å². The molecule has 1 spiro atoms. The molecule has 6 nitrogen and oxygen atoms in total. The van der Waals surface area contributed by atoms with Crippen LogP contribution in [0, 0.1) is 5.92 Å². The topological polar surface area (TPSA) is 50.6 Å². The molecule has 0 aromatic carbocycles. The van der Waals surface area contributed by atoms with Crippen molar-refractivity contribution in [2.75, 3.05) is 40.3 Å². The lowest BCUT2D eigenvalue weighted by Crippen LogP contribution is -2.49. The number of carbonyl (C=O) groups is 1. The van der Waals surface area contributed by atoms with E-state index in [9.17, 15) is 4.79 Å². The van der Waals surface area contributed by atoms with Gasteiger partial charge in [-0.1, -0.05) is 0 Å². The zero-order chi connectivity index (χ0) is 18.9. The zero-order valence-electron chi connectivity index (χ0n) is 16.1. The van der Waals surface area contributed by atoms with E-state index >= 15 is 0 Å². The maximum absolute atomic E-state index is 12.7. The molecule has 2 aliphatic rings. The average molecular weight is 389 g/mol. The van der Waals surface area contributed by atoms with Gasteiger partial charge in [-0.15, -0.1) is 11.3 Å². The SMILES string of the molecule is CN(C)C(=O)[C@H](CN1CCC2(CC1)OCCc1ccsc12)Cn1cccn1. The molecule has 0 saturated carbocycles. The van der Waals surface area contributed by atoms with Gasteiger partial charge in [0.05, 0.1) is 19.1 Å². The second kappa shape index (κ2) is 7.73. The monoisotopic (exact) mass is 388 g/mol. The Morgan fingerprint density at radius 3 is 2.89 bits per heavy atom. The van der Waals surface area contributed by atoms with E-state index < -0.39 is 0 Å². The number of thiophene rings is 1. The Hall–Kier alpha value is -1.70. The second-order valence-electron chi connectivity index (χ2n) is 7.83. The van der Waals surface area contributed by atoms with Crippen molar-refractivity contribution in [2.45, 2.75) is 31.4 Å². The lowest BCUT2D eigenvalue weighted by Gasteiger charge is -2.44. The fourth-order valence-corrected chi connectivity index (χ4v) is 5.52. The van der Waals surface area contributed by atoms with Gasteiger partial charge in [0.25, 0.3) is 0 Å². The number of nitrogens with zero attached hydrogens (tertiary/aromatic N) is 4. The molecular formula is C20H28N4O2S. The highest BCUT2D eigenvalue weighted by atomic mass is 32.1. The zero-order valence-corrected chi connectivity index (χ0v) is 17.0. The molecule has 0 unspecified atom stereocenters. The van der Waals surface area contributed by atoms with Crippen molar-refractivity contribution in [1.82, 2.24) is 19.6 Å². The molecule has 27 heavy (non-hydrogen) atoms. The quantitative estimate of drug-likeness (QED) is 0.788. The second-order valence-corrected chi connectivity index (χ2v) is 8.74. The highest BCUT2D eigenvalue weighted by molar-refractivity contribution is 7.10. The first-order chi connectivity index (χ1) is 13.1. The van der Waals surface area contributed by atoms with Crippen LogP contribution in [0.5, 0.6) is 0 Å². The normalized spacial score (nSPS) is 20.4. The molecule has 0 bridgehead atoms. The summed E-state index contributed by atoms with van der Waals surface area (Å²) in [6, 6.07) is 4.16. The molecule has 0 radical (unpaired) electrons. The third kappa shape index (κ3) is 3.81. The molecule has 7 heteroatoms. The van der Waals surface area contributed by atoms with Crippen molar-refractivity contribution >= 4 is 17.2 Å². The Bertz CT molecular complexity index is 763. The third-order valence-electron chi connectivity index (χ3n) is 5.81. The van der Waals surface area contributed by atoms with Crippen molar-refractivity contribution in [3.63, 3.8) is 0 Å². The molecule has 2 aromatic rings. The summed E-state index contributed by atoms with van der Waals surface area (Å²) in [6.07, 6.45) is 6.74. The average Bonchev–Trinajstić information content (AvgIpc) is 3.35. The van der Waals surface area contributed by atoms with Crippen LogP contribution in [0.3, 0.4) is 0 Å². The maximum Gasteiger partial charge on any atom is 0.228 e. The number of piperidine rings is 1. The van der Waals surface area contributed by atoms with Crippen LogP contribution in [0.15, 0.2) is 29.9 Å². The molecule has 0 N–H and O–H groups in total. The largest absolute Gasteiger partial charge is 0.369 e. The molecule has 2 aromatic heterocycles. The number of aromatic nitrogens is 2. The molecule has 4 rings (SSSR count). The Morgan fingerprint density at radius 2 is 2.19 bits per heavy atom. The van der Waals surface area contributed by atoms with E-state index in [1.54, 1.807) is 11.1 Å². The van der Waals surface area contributed by atoms with Gasteiger partial charge in [-0.25, -0.2) is 0 Å². The highest BCUT2D eigenvalue weighted by Gasteiger charge is 2.42. The van der Waals surface area contributed by atoms with Crippen LogP contribution in [0.2, 0.25) is 0 Å². The van der Waals surface area contributed by atoms with E-state index in [4.69, 9.17) is 4.74 Å². The molecule has 0 aliphatic carbocycles. The summed E-state index contributed by atoms with van der Waals surface area (Å²) in [5, 5.41) is 6.48. The summed E-state index contributed by atoms with van der Waals surface area (Å²) in [5.74, 6) is 0.0822. The van der Waals surface area contributed by atoms with Gasteiger partial charge in [0.2, 0.25) is 5.91 Å². The summed E-state index contributed by atoms with van der Waals surface area (Å²) in [4.78, 5) is 18.3. The Morgan fingerprint density at radius 1 is 1.37 bits per heavy atom. The first-order valence-electron chi connectivity index (χ1n) is 9.69. The Labute approximate surface area is 164 Å². The van der Waals surface area contributed by atoms with Gasteiger partial charge in [-0.3, -0.25) is 9.48 Å². The van der Waals surface area contributed by atoms with Crippen LogP contribution < -0.4 is 0 Å². The summed E-state index contributed by atoms with van der Waals surface area (Å²) < 4.78 is 8.17. The van der Waals surface area contributed by atoms with E-state index in [2.05, 4.69) is 21.4 Å². The van der Waals surface area contributed by atoms with Crippen LogP contribution in [-0.4, -0.2) is 65.8 Å². The maximum atomic E-state index is 12.7. The minimum Gasteiger partial charge on any atom is -0.369 e. The minimum absolute atomic E-state index is 0.0847. The van der Waals surface area contributed by atoms with Crippen molar-refractivity contribution < 1.29 is 9.53 Å². The lowest BCUT2D eigenvalue weighted by atomic mass is 9.85. The summed E-state index contributed by atoms with van der Waals surface area (Å²) in [7, 11) is 3.66. The molecule has 1 atom stereocenters. The molecule has 1 fully saturated rings. The van der Waals surface area contributed by atoms with E-state index in [1.807, 2.05) is 42.4 Å². The molecule has 2 aliphatic heterocycles. The van der Waals surface area contributed by atoms with Gasteiger partial charge in [-0.05, 0) is 42.3 Å². The van der Waals surface area contributed by atoms with Crippen LogP contribution in [-0.2, 0) is 28.1 Å².